The average molecular weight is 427 g/mol. The molecule has 1 aromatic carbocycles. The minimum atomic E-state index is -0.0513. The molecule has 0 radical (unpaired) electrons. The second kappa shape index (κ2) is 8.25. The maximum Gasteiger partial charge on any atom is 0.246 e. The van der Waals surface area contributed by atoms with E-state index in [0.29, 0.717) is 31.9 Å². The second-order valence-electron chi connectivity index (χ2n) is 8.62. The Hall–Kier alpha value is -3.43. The fourth-order valence-corrected chi connectivity index (χ4v) is 5.07. The molecule has 162 valence electrons. The van der Waals surface area contributed by atoms with Crippen LogP contribution in [0.1, 0.15) is 39.7 Å². The van der Waals surface area contributed by atoms with Gasteiger partial charge in [-0.3, -0.25) is 4.79 Å². The number of nitriles is 1. The number of fused-ring (bicyclic) bond motifs is 2. The lowest BCUT2D eigenvalue weighted by Gasteiger charge is -2.25. The molecule has 0 bridgehead atoms. The van der Waals surface area contributed by atoms with E-state index >= 15 is 0 Å². The minimum Gasteiger partial charge on any atom is -0.378 e. The minimum absolute atomic E-state index is 0.0513. The van der Waals surface area contributed by atoms with E-state index in [9.17, 15) is 10.1 Å². The van der Waals surface area contributed by atoms with Crippen LogP contribution in [0.5, 0.6) is 0 Å². The van der Waals surface area contributed by atoms with Crippen LogP contribution >= 0.6 is 0 Å². The zero-order valence-electron chi connectivity index (χ0n) is 18.5. The van der Waals surface area contributed by atoms with E-state index in [0.717, 1.165) is 40.8 Å². The first-order chi connectivity index (χ1) is 15.6. The summed E-state index contributed by atoms with van der Waals surface area (Å²) < 4.78 is 7.55. The molecular formula is C26H26N4O2. The lowest BCUT2D eigenvalue weighted by molar-refractivity contribution is -0.129. The van der Waals surface area contributed by atoms with Crippen LogP contribution in [0.15, 0.2) is 36.4 Å². The number of pyridine rings is 1. The first-order valence-corrected chi connectivity index (χ1v) is 11.1. The van der Waals surface area contributed by atoms with Gasteiger partial charge in [-0.2, -0.15) is 5.26 Å². The molecule has 6 nitrogen and oxygen atoms in total. The fraction of sp³-hybridized carbons (Fsp3) is 0.346. The molecule has 3 aromatic rings. The van der Waals surface area contributed by atoms with Gasteiger partial charge in [0.1, 0.15) is 11.7 Å². The molecule has 32 heavy (non-hydrogen) atoms. The molecule has 0 spiro atoms. The van der Waals surface area contributed by atoms with Crippen molar-refractivity contribution in [2.75, 3.05) is 26.3 Å². The Morgan fingerprint density at radius 1 is 1.19 bits per heavy atom. The predicted octanol–water partition coefficient (Wildman–Crippen LogP) is 3.74. The standard InChI is InChI=1S/C26H26N4O2/c1-17-13-18(2)28-26-25(17)22(16-27)23(7-8-24(31)29-9-11-32-12-10-29)30(26)21-14-19-5-3-4-6-20(19)15-21/h3-8,13,21H,9-12,14-15H2,1-2H3/b8-7+. The van der Waals surface area contributed by atoms with Gasteiger partial charge in [0.05, 0.1) is 24.5 Å². The van der Waals surface area contributed by atoms with Crippen LogP contribution in [0, 0.1) is 25.2 Å². The molecule has 6 heteroatoms. The topological polar surface area (TPSA) is 71.2 Å². The lowest BCUT2D eigenvalue weighted by Crippen LogP contribution is -2.39. The van der Waals surface area contributed by atoms with Gasteiger partial charge in [-0.1, -0.05) is 24.3 Å². The maximum absolute atomic E-state index is 12.8. The highest BCUT2D eigenvalue weighted by atomic mass is 16.5. The highest BCUT2D eigenvalue weighted by Crippen LogP contribution is 2.37. The second-order valence-corrected chi connectivity index (χ2v) is 8.62. The van der Waals surface area contributed by atoms with E-state index in [1.807, 2.05) is 26.0 Å². The van der Waals surface area contributed by atoms with Crippen molar-refractivity contribution < 1.29 is 9.53 Å². The number of hydrogen-bond acceptors (Lipinski definition) is 4. The van der Waals surface area contributed by atoms with Gasteiger partial charge in [0.2, 0.25) is 5.91 Å². The van der Waals surface area contributed by atoms with Gasteiger partial charge in [0.15, 0.2) is 0 Å². The molecule has 1 aliphatic heterocycles. The number of ether oxygens (including phenoxy) is 1. The van der Waals surface area contributed by atoms with Crippen LogP contribution in [0.3, 0.4) is 0 Å². The van der Waals surface area contributed by atoms with E-state index in [1.165, 1.54) is 11.1 Å². The average Bonchev–Trinajstić information content (AvgIpc) is 3.36. The van der Waals surface area contributed by atoms with Crippen molar-refractivity contribution in [1.82, 2.24) is 14.5 Å². The number of morpholine rings is 1. The predicted molar refractivity (Wildman–Crippen MR) is 123 cm³/mol. The van der Waals surface area contributed by atoms with E-state index < -0.39 is 0 Å². The number of aryl methyl sites for hydroxylation is 2. The van der Waals surface area contributed by atoms with Crippen molar-refractivity contribution in [2.24, 2.45) is 0 Å². The molecule has 1 saturated heterocycles. The summed E-state index contributed by atoms with van der Waals surface area (Å²) in [6.07, 6.45) is 5.19. The highest BCUT2D eigenvalue weighted by Gasteiger charge is 2.29. The first-order valence-electron chi connectivity index (χ1n) is 11.1. The van der Waals surface area contributed by atoms with Gasteiger partial charge in [0.25, 0.3) is 0 Å². The SMILES string of the molecule is Cc1cc(C)c2c(C#N)c(/C=C/C(=O)N3CCOCC3)n(C3Cc4ccccc4C3)c2n1. The number of carbonyl (C=O) groups excluding carboxylic acids is 1. The van der Waals surface area contributed by atoms with Gasteiger partial charge in [-0.25, -0.2) is 4.98 Å². The molecule has 2 aliphatic rings. The Balaban J connectivity index is 1.63. The molecule has 1 fully saturated rings. The van der Waals surface area contributed by atoms with Gasteiger partial charge in [-0.15, -0.1) is 0 Å². The third-order valence-electron chi connectivity index (χ3n) is 6.53. The molecule has 0 N–H and O–H groups in total. The summed E-state index contributed by atoms with van der Waals surface area (Å²) in [5, 5.41) is 11.0. The molecular weight excluding hydrogens is 400 g/mol. The molecule has 2 aromatic heterocycles. The molecule has 1 aliphatic carbocycles. The number of rotatable bonds is 3. The highest BCUT2D eigenvalue weighted by molar-refractivity contribution is 5.96. The quantitative estimate of drug-likeness (QED) is 0.598. The lowest BCUT2D eigenvalue weighted by atomic mass is 10.1. The molecule has 0 unspecified atom stereocenters. The monoisotopic (exact) mass is 426 g/mol. The van der Waals surface area contributed by atoms with Gasteiger partial charge in [0, 0.05) is 36.3 Å². The molecule has 0 atom stereocenters. The van der Waals surface area contributed by atoms with Crippen molar-refractivity contribution in [1.29, 1.82) is 5.26 Å². The third-order valence-corrected chi connectivity index (χ3v) is 6.53. The maximum atomic E-state index is 12.8. The summed E-state index contributed by atoms with van der Waals surface area (Å²) in [7, 11) is 0. The fourth-order valence-electron chi connectivity index (χ4n) is 5.07. The Kier molecular flexibility index (Phi) is 5.28. The number of carbonyl (C=O) groups is 1. The van der Waals surface area contributed by atoms with Crippen molar-refractivity contribution >= 4 is 23.0 Å². The van der Waals surface area contributed by atoms with Crippen molar-refractivity contribution in [3.63, 3.8) is 0 Å². The third kappa shape index (κ3) is 3.49. The summed E-state index contributed by atoms with van der Waals surface area (Å²) in [6, 6.07) is 13.1. The van der Waals surface area contributed by atoms with Crippen LogP contribution in [-0.4, -0.2) is 46.7 Å². The Bertz CT molecular complexity index is 1250. The van der Waals surface area contributed by atoms with Crippen LogP contribution in [-0.2, 0) is 22.4 Å². The van der Waals surface area contributed by atoms with E-state index in [2.05, 4.69) is 34.9 Å². The van der Waals surface area contributed by atoms with Crippen LogP contribution in [0.25, 0.3) is 17.1 Å². The summed E-state index contributed by atoms with van der Waals surface area (Å²) in [5.41, 5.74) is 6.81. The van der Waals surface area contributed by atoms with Crippen LogP contribution in [0.2, 0.25) is 0 Å². The van der Waals surface area contributed by atoms with Crippen LogP contribution in [0.4, 0.5) is 0 Å². The number of nitrogens with zero attached hydrogens (tertiary/aromatic N) is 4. The van der Waals surface area contributed by atoms with Gasteiger partial charge >= 0.3 is 0 Å². The van der Waals surface area contributed by atoms with Crippen molar-refractivity contribution in [3.05, 3.63) is 70.0 Å². The Morgan fingerprint density at radius 3 is 2.53 bits per heavy atom. The van der Waals surface area contributed by atoms with Gasteiger partial charge < -0.3 is 14.2 Å². The molecule has 1 amide bonds. The zero-order chi connectivity index (χ0) is 22.2. The first kappa shape index (κ1) is 20.5. The summed E-state index contributed by atoms with van der Waals surface area (Å²) in [5.74, 6) is -0.0513. The largest absolute Gasteiger partial charge is 0.378 e. The zero-order valence-corrected chi connectivity index (χ0v) is 18.5. The van der Waals surface area contributed by atoms with E-state index in [1.54, 1.807) is 11.0 Å². The number of hydrogen-bond donors (Lipinski definition) is 0. The number of benzene rings is 1. The summed E-state index contributed by atoms with van der Waals surface area (Å²) >= 11 is 0. The normalized spacial score (nSPS) is 16.6. The van der Waals surface area contributed by atoms with Crippen LogP contribution < -0.4 is 0 Å². The number of aromatic nitrogens is 2. The molecule has 3 heterocycles. The smallest absolute Gasteiger partial charge is 0.246 e. The summed E-state index contributed by atoms with van der Waals surface area (Å²) in [4.78, 5) is 19.4. The Labute approximate surface area is 187 Å². The summed E-state index contributed by atoms with van der Waals surface area (Å²) in [6.45, 7) is 6.32. The van der Waals surface area contributed by atoms with Gasteiger partial charge in [-0.05, 0) is 55.5 Å². The van der Waals surface area contributed by atoms with Crippen molar-refractivity contribution in [3.8, 4) is 6.07 Å². The Morgan fingerprint density at radius 2 is 1.88 bits per heavy atom. The van der Waals surface area contributed by atoms with E-state index in [-0.39, 0.29) is 11.9 Å². The van der Waals surface area contributed by atoms with E-state index in [4.69, 9.17) is 9.72 Å². The van der Waals surface area contributed by atoms with Crippen molar-refractivity contribution in [2.45, 2.75) is 32.7 Å². The molecule has 5 rings (SSSR count). The number of amides is 1. The molecule has 0 saturated carbocycles.